The summed E-state index contributed by atoms with van der Waals surface area (Å²) in [6.07, 6.45) is 4.01. The van der Waals surface area contributed by atoms with Crippen LogP contribution in [0.1, 0.15) is 25.7 Å². The van der Waals surface area contributed by atoms with Gasteiger partial charge < -0.3 is 15.3 Å². The number of likely N-dealkylation sites (tertiary alicyclic amines) is 1. The zero-order chi connectivity index (χ0) is 10.7. The Morgan fingerprint density at radius 2 is 2.07 bits per heavy atom. The summed E-state index contributed by atoms with van der Waals surface area (Å²) in [6.45, 7) is 2.89. The van der Waals surface area contributed by atoms with Crippen LogP contribution in [0.4, 0.5) is 0 Å². The van der Waals surface area contributed by atoms with E-state index in [0.717, 1.165) is 45.3 Å². The van der Waals surface area contributed by atoms with Crippen molar-refractivity contribution in [2.24, 2.45) is 5.92 Å². The first-order valence-electron chi connectivity index (χ1n) is 5.94. The predicted molar refractivity (Wildman–Crippen MR) is 57.4 cm³/mol. The molecule has 0 aromatic carbocycles. The molecule has 2 rings (SSSR count). The molecular weight excluding hydrogens is 192 g/mol. The Hall–Kier alpha value is -0.610. The number of piperidine rings is 1. The lowest BCUT2D eigenvalue weighted by atomic mass is 9.97. The number of nitrogens with one attached hydrogen (secondary N) is 1. The summed E-state index contributed by atoms with van der Waals surface area (Å²) in [4.78, 5) is 13.9. The van der Waals surface area contributed by atoms with Gasteiger partial charge in [-0.25, -0.2) is 0 Å². The quantitative estimate of drug-likeness (QED) is 0.676. The highest BCUT2D eigenvalue weighted by molar-refractivity contribution is 5.82. The lowest BCUT2D eigenvalue weighted by molar-refractivity contribution is -0.134. The summed E-state index contributed by atoms with van der Waals surface area (Å²) in [6, 6.07) is 0.0654. The van der Waals surface area contributed by atoms with Gasteiger partial charge in [-0.3, -0.25) is 4.79 Å². The van der Waals surface area contributed by atoms with Crippen molar-refractivity contribution in [2.75, 3.05) is 26.2 Å². The highest BCUT2D eigenvalue weighted by atomic mass is 16.3. The summed E-state index contributed by atoms with van der Waals surface area (Å²) in [5.41, 5.74) is 0. The molecule has 0 aromatic heterocycles. The van der Waals surface area contributed by atoms with Gasteiger partial charge in [-0.2, -0.15) is 0 Å². The standard InChI is InChI=1S/C11H20N2O2/c14-8-9-3-6-13(7-4-9)11(15)10-2-1-5-12-10/h9-10,12,14H,1-8H2/t10-/m1/s1. The summed E-state index contributed by atoms with van der Waals surface area (Å²) in [5, 5.41) is 12.2. The first-order chi connectivity index (χ1) is 7.31. The highest BCUT2D eigenvalue weighted by Crippen LogP contribution is 2.18. The molecule has 0 unspecified atom stereocenters. The summed E-state index contributed by atoms with van der Waals surface area (Å²) >= 11 is 0. The number of aliphatic hydroxyl groups is 1. The molecule has 0 aromatic rings. The molecule has 2 saturated heterocycles. The van der Waals surface area contributed by atoms with E-state index in [4.69, 9.17) is 5.11 Å². The first-order valence-corrected chi connectivity index (χ1v) is 5.94. The van der Waals surface area contributed by atoms with Gasteiger partial charge in [0.05, 0.1) is 6.04 Å². The maximum absolute atomic E-state index is 12.0. The minimum Gasteiger partial charge on any atom is -0.396 e. The number of amides is 1. The molecule has 0 bridgehead atoms. The Balaban J connectivity index is 1.81. The van der Waals surface area contributed by atoms with Crippen LogP contribution >= 0.6 is 0 Å². The van der Waals surface area contributed by atoms with Gasteiger partial charge in [0.2, 0.25) is 5.91 Å². The Bertz CT molecular complexity index is 219. The molecule has 0 saturated carbocycles. The van der Waals surface area contributed by atoms with Crippen LogP contribution in [0.15, 0.2) is 0 Å². The van der Waals surface area contributed by atoms with Gasteiger partial charge in [-0.05, 0) is 38.1 Å². The minimum atomic E-state index is 0.0654. The summed E-state index contributed by atoms with van der Waals surface area (Å²) in [5.74, 6) is 0.675. The van der Waals surface area contributed by atoms with E-state index in [0.29, 0.717) is 5.92 Å². The van der Waals surface area contributed by atoms with Gasteiger partial charge in [-0.1, -0.05) is 0 Å². The van der Waals surface area contributed by atoms with Crippen molar-refractivity contribution < 1.29 is 9.90 Å². The van der Waals surface area contributed by atoms with Crippen molar-refractivity contribution in [1.82, 2.24) is 10.2 Å². The third-order valence-corrected chi connectivity index (χ3v) is 3.54. The Morgan fingerprint density at radius 3 is 2.60 bits per heavy atom. The fourth-order valence-electron chi connectivity index (χ4n) is 2.45. The second-order valence-electron chi connectivity index (χ2n) is 4.60. The predicted octanol–water partition coefficient (Wildman–Crippen LogP) is -0.0307. The van der Waals surface area contributed by atoms with Crippen molar-refractivity contribution in [3.8, 4) is 0 Å². The van der Waals surface area contributed by atoms with Gasteiger partial charge in [0.1, 0.15) is 0 Å². The van der Waals surface area contributed by atoms with Crippen LogP contribution in [0, 0.1) is 5.92 Å². The monoisotopic (exact) mass is 212 g/mol. The Labute approximate surface area is 90.6 Å². The number of nitrogens with zero attached hydrogens (tertiary/aromatic N) is 1. The smallest absolute Gasteiger partial charge is 0.239 e. The van der Waals surface area contributed by atoms with E-state index in [1.807, 2.05) is 4.90 Å². The zero-order valence-electron chi connectivity index (χ0n) is 9.11. The molecular formula is C11H20N2O2. The average molecular weight is 212 g/mol. The maximum atomic E-state index is 12.0. The first kappa shape index (κ1) is 10.9. The number of aliphatic hydroxyl groups excluding tert-OH is 1. The molecule has 2 N–H and O–H groups in total. The molecule has 1 amide bonds. The third kappa shape index (κ3) is 2.49. The molecule has 2 aliphatic rings. The molecule has 0 spiro atoms. The van der Waals surface area contributed by atoms with Crippen molar-refractivity contribution in [3.05, 3.63) is 0 Å². The third-order valence-electron chi connectivity index (χ3n) is 3.54. The van der Waals surface area contributed by atoms with E-state index in [2.05, 4.69) is 5.32 Å². The van der Waals surface area contributed by atoms with Gasteiger partial charge >= 0.3 is 0 Å². The number of carbonyl (C=O) groups is 1. The average Bonchev–Trinajstić information content (AvgIpc) is 2.82. The molecule has 4 heteroatoms. The van der Waals surface area contributed by atoms with Gasteiger partial charge in [0.25, 0.3) is 0 Å². The topological polar surface area (TPSA) is 52.6 Å². The normalized spacial score (nSPS) is 28.3. The molecule has 2 aliphatic heterocycles. The van der Waals surface area contributed by atoms with E-state index in [1.54, 1.807) is 0 Å². The van der Waals surface area contributed by atoms with Crippen molar-refractivity contribution in [3.63, 3.8) is 0 Å². The molecule has 0 aliphatic carbocycles. The number of rotatable bonds is 2. The Kier molecular flexibility index (Phi) is 3.59. The molecule has 4 nitrogen and oxygen atoms in total. The van der Waals surface area contributed by atoms with Crippen LogP contribution in [0.5, 0.6) is 0 Å². The largest absolute Gasteiger partial charge is 0.396 e. The number of carbonyl (C=O) groups excluding carboxylic acids is 1. The van der Waals surface area contributed by atoms with Crippen LogP contribution in [-0.2, 0) is 4.79 Å². The summed E-state index contributed by atoms with van der Waals surface area (Å²) < 4.78 is 0. The molecule has 2 heterocycles. The Morgan fingerprint density at radius 1 is 1.33 bits per heavy atom. The van der Waals surface area contributed by atoms with Crippen LogP contribution in [0.3, 0.4) is 0 Å². The second-order valence-corrected chi connectivity index (χ2v) is 4.60. The second kappa shape index (κ2) is 4.94. The number of hydrogen-bond donors (Lipinski definition) is 2. The highest BCUT2D eigenvalue weighted by Gasteiger charge is 2.29. The SMILES string of the molecule is O=C([C@H]1CCCN1)N1CCC(CO)CC1. The molecule has 2 fully saturated rings. The molecule has 1 atom stereocenters. The van der Waals surface area contributed by atoms with E-state index in [1.165, 1.54) is 0 Å². The van der Waals surface area contributed by atoms with Gasteiger partial charge in [0.15, 0.2) is 0 Å². The van der Waals surface area contributed by atoms with Gasteiger partial charge in [-0.15, -0.1) is 0 Å². The maximum Gasteiger partial charge on any atom is 0.239 e. The fraction of sp³-hybridized carbons (Fsp3) is 0.909. The minimum absolute atomic E-state index is 0.0654. The molecule has 15 heavy (non-hydrogen) atoms. The van der Waals surface area contributed by atoms with Gasteiger partial charge in [0, 0.05) is 19.7 Å². The summed E-state index contributed by atoms with van der Waals surface area (Å²) in [7, 11) is 0. The lowest BCUT2D eigenvalue weighted by Gasteiger charge is -2.32. The van der Waals surface area contributed by atoms with Crippen molar-refractivity contribution in [2.45, 2.75) is 31.7 Å². The molecule has 86 valence electrons. The van der Waals surface area contributed by atoms with Crippen LogP contribution in [0.2, 0.25) is 0 Å². The van der Waals surface area contributed by atoms with Crippen LogP contribution < -0.4 is 5.32 Å². The number of hydrogen-bond acceptors (Lipinski definition) is 3. The van der Waals surface area contributed by atoms with Crippen molar-refractivity contribution >= 4 is 5.91 Å². The molecule has 0 radical (unpaired) electrons. The van der Waals surface area contributed by atoms with E-state index < -0.39 is 0 Å². The van der Waals surface area contributed by atoms with Crippen LogP contribution in [0.25, 0.3) is 0 Å². The lowest BCUT2D eigenvalue weighted by Crippen LogP contribution is -2.47. The van der Waals surface area contributed by atoms with Crippen LogP contribution in [-0.4, -0.2) is 48.2 Å². The fourth-order valence-corrected chi connectivity index (χ4v) is 2.45. The van der Waals surface area contributed by atoms with Crippen molar-refractivity contribution in [1.29, 1.82) is 0 Å². The van der Waals surface area contributed by atoms with E-state index in [9.17, 15) is 4.79 Å². The van der Waals surface area contributed by atoms with E-state index >= 15 is 0 Å². The van der Waals surface area contributed by atoms with E-state index in [-0.39, 0.29) is 18.6 Å². The zero-order valence-corrected chi connectivity index (χ0v) is 9.11.